The summed E-state index contributed by atoms with van der Waals surface area (Å²) in [5.74, 6) is -0.188. The van der Waals surface area contributed by atoms with Gasteiger partial charge in [0.1, 0.15) is 10.8 Å². The lowest BCUT2D eigenvalue weighted by Crippen LogP contribution is -2.12. The minimum Gasteiger partial charge on any atom is -0.337 e. The Morgan fingerprint density at radius 1 is 0.973 bits per heavy atom. The molecule has 1 N–H and O–H groups in total. The van der Waals surface area contributed by atoms with E-state index in [0.717, 1.165) is 27.9 Å². The van der Waals surface area contributed by atoms with Gasteiger partial charge in [0.2, 0.25) is 0 Å². The van der Waals surface area contributed by atoms with Gasteiger partial charge in [-0.15, -0.1) is 0 Å². The molecule has 7 heteroatoms. The Morgan fingerprint density at radius 3 is 2.43 bits per heavy atom. The topological polar surface area (TPSA) is 99.5 Å². The van der Waals surface area contributed by atoms with Crippen LogP contribution >= 0.6 is 11.6 Å². The third kappa shape index (κ3) is 5.18. The van der Waals surface area contributed by atoms with Gasteiger partial charge in [-0.3, -0.25) is 9.59 Å². The summed E-state index contributed by atoms with van der Waals surface area (Å²) < 4.78 is 0. The lowest BCUT2D eigenvalue weighted by Gasteiger charge is -2.13. The molecule has 0 saturated heterocycles. The predicted molar refractivity (Wildman–Crippen MR) is 145 cm³/mol. The standard InChI is InChI=1S/C30H21ClN4O2/c1-18-13-22(14-28(31)33-18)23-15-24-27(37)16-25(26(36)12-11-19-7-9-20(17-32)10-8-19)34-30(24)35-29(23)21-5-3-2-4-6-21/h2-10,13-16H,11-12H2,1H3,(H,34,35,37). The van der Waals surface area contributed by atoms with Crippen molar-refractivity contribution in [1.82, 2.24) is 15.0 Å². The van der Waals surface area contributed by atoms with Gasteiger partial charge in [0.15, 0.2) is 11.2 Å². The molecule has 0 saturated carbocycles. The number of ketones is 1. The van der Waals surface area contributed by atoms with Crippen molar-refractivity contribution in [2.75, 3.05) is 0 Å². The first-order valence-electron chi connectivity index (χ1n) is 11.7. The van der Waals surface area contributed by atoms with Crippen molar-refractivity contribution in [1.29, 1.82) is 5.26 Å². The van der Waals surface area contributed by atoms with E-state index in [9.17, 15) is 9.59 Å². The average Bonchev–Trinajstić information content (AvgIpc) is 2.91. The highest BCUT2D eigenvalue weighted by Gasteiger charge is 2.17. The minimum absolute atomic E-state index is 0.188. The number of carbonyl (C=O) groups is 1. The predicted octanol–water partition coefficient (Wildman–Crippen LogP) is 6.30. The summed E-state index contributed by atoms with van der Waals surface area (Å²) >= 11 is 6.24. The van der Waals surface area contributed by atoms with Gasteiger partial charge in [-0.2, -0.15) is 5.26 Å². The van der Waals surface area contributed by atoms with E-state index in [2.05, 4.69) is 16.0 Å². The molecule has 2 aromatic carbocycles. The smallest absolute Gasteiger partial charge is 0.191 e. The number of aromatic amines is 1. The normalized spacial score (nSPS) is 10.8. The maximum atomic E-state index is 13.1. The summed E-state index contributed by atoms with van der Waals surface area (Å²) in [5, 5.41) is 9.69. The monoisotopic (exact) mass is 504 g/mol. The van der Waals surface area contributed by atoms with Crippen molar-refractivity contribution in [3.63, 3.8) is 0 Å². The molecule has 0 fully saturated rings. The lowest BCUT2D eigenvalue weighted by atomic mass is 9.98. The summed E-state index contributed by atoms with van der Waals surface area (Å²) in [7, 11) is 0. The number of H-pyrrole nitrogens is 1. The van der Waals surface area contributed by atoms with Crippen LogP contribution in [0.4, 0.5) is 0 Å². The zero-order valence-electron chi connectivity index (χ0n) is 20.0. The minimum atomic E-state index is -0.291. The Morgan fingerprint density at radius 2 is 1.73 bits per heavy atom. The van der Waals surface area contributed by atoms with Crippen LogP contribution in [-0.2, 0) is 6.42 Å². The molecule has 0 radical (unpaired) electrons. The van der Waals surface area contributed by atoms with Crippen LogP contribution in [0.5, 0.6) is 0 Å². The fourth-order valence-electron chi connectivity index (χ4n) is 4.28. The summed E-state index contributed by atoms with van der Waals surface area (Å²) in [6, 6.07) is 25.6. The quantitative estimate of drug-likeness (QED) is 0.216. The lowest BCUT2D eigenvalue weighted by molar-refractivity contribution is 0.0978. The number of nitrogens with one attached hydrogen (secondary N) is 1. The van der Waals surface area contributed by atoms with Crippen molar-refractivity contribution >= 4 is 28.4 Å². The maximum absolute atomic E-state index is 13.1. The van der Waals surface area contributed by atoms with Gasteiger partial charge in [-0.25, -0.2) is 9.97 Å². The average molecular weight is 505 g/mol. The van der Waals surface area contributed by atoms with Gasteiger partial charge in [0.05, 0.1) is 28.4 Å². The number of nitriles is 1. The molecule has 0 spiro atoms. The summed E-state index contributed by atoms with van der Waals surface area (Å²) in [4.78, 5) is 38.3. The Balaban J connectivity index is 1.57. The van der Waals surface area contributed by atoms with Crippen molar-refractivity contribution < 1.29 is 4.79 Å². The molecular formula is C30H21ClN4O2. The zero-order valence-corrected chi connectivity index (χ0v) is 20.7. The fourth-order valence-corrected chi connectivity index (χ4v) is 4.53. The van der Waals surface area contributed by atoms with Crippen LogP contribution in [0.25, 0.3) is 33.4 Å². The molecule has 5 rings (SSSR count). The summed E-state index contributed by atoms with van der Waals surface area (Å²) in [6.45, 7) is 1.86. The third-order valence-electron chi connectivity index (χ3n) is 6.12. The van der Waals surface area contributed by atoms with E-state index in [1.54, 1.807) is 24.3 Å². The number of benzene rings is 2. The second-order valence-electron chi connectivity index (χ2n) is 8.75. The molecule has 3 heterocycles. The number of fused-ring (bicyclic) bond motifs is 1. The Labute approximate surface area is 218 Å². The molecule has 6 nitrogen and oxygen atoms in total. The van der Waals surface area contributed by atoms with Crippen LogP contribution in [-0.4, -0.2) is 20.7 Å². The Kier molecular flexibility index (Phi) is 6.63. The molecule has 5 aromatic rings. The van der Waals surface area contributed by atoms with Crippen molar-refractivity contribution in [2.45, 2.75) is 19.8 Å². The number of carbonyl (C=O) groups excluding carboxylic acids is 1. The molecule has 0 aliphatic heterocycles. The van der Waals surface area contributed by atoms with Crippen molar-refractivity contribution in [3.05, 3.63) is 117 Å². The van der Waals surface area contributed by atoms with Crippen molar-refractivity contribution in [2.24, 2.45) is 0 Å². The molecule has 0 aliphatic carbocycles. The number of halogens is 1. The second kappa shape index (κ2) is 10.2. The number of hydrogen-bond donors (Lipinski definition) is 1. The first-order valence-corrected chi connectivity index (χ1v) is 12.1. The first-order chi connectivity index (χ1) is 17.9. The molecular weight excluding hydrogens is 484 g/mol. The highest BCUT2D eigenvalue weighted by molar-refractivity contribution is 6.29. The largest absolute Gasteiger partial charge is 0.337 e. The first kappa shape index (κ1) is 24.1. The summed E-state index contributed by atoms with van der Waals surface area (Å²) in [6.07, 6.45) is 0.708. The van der Waals surface area contributed by atoms with E-state index in [-0.39, 0.29) is 23.3 Å². The van der Waals surface area contributed by atoms with Gasteiger partial charge >= 0.3 is 0 Å². The van der Waals surface area contributed by atoms with Gasteiger partial charge < -0.3 is 4.98 Å². The van der Waals surface area contributed by atoms with Crippen LogP contribution in [0.1, 0.15) is 33.7 Å². The molecule has 37 heavy (non-hydrogen) atoms. The van der Waals surface area contributed by atoms with Gasteiger partial charge in [-0.05, 0) is 54.8 Å². The number of rotatable bonds is 6. The number of nitrogens with zero attached hydrogens (tertiary/aromatic N) is 3. The van der Waals surface area contributed by atoms with Crippen LogP contribution in [0, 0.1) is 18.3 Å². The van der Waals surface area contributed by atoms with E-state index in [4.69, 9.17) is 21.8 Å². The second-order valence-corrected chi connectivity index (χ2v) is 9.13. The zero-order chi connectivity index (χ0) is 25.9. The SMILES string of the molecule is Cc1cc(-c2cc3c(=O)cc(C(=O)CCc4ccc(C#N)cc4)[nH]c3nc2-c2ccccc2)cc(Cl)n1. The Hall–Kier alpha value is -4.60. The molecule has 3 aromatic heterocycles. The third-order valence-corrected chi connectivity index (χ3v) is 6.31. The van der Waals surface area contributed by atoms with E-state index >= 15 is 0 Å². The summed E-state index contributed by atoms with van der Waals surface area (Å²) in [5.41, 5.74) is 5.59. The molecule has 0 amide bonds. The number of pyridine rings is 3. The van der Waals surface area contributed by atoms with E-state index in [0.29, 0.717) is 33.9 Å². The molecule has 0 unspecified atom stereocenters. The highest BCUT2D eigenvalue weighted by atomic mass is 35.5. The van der Waals surface area contributed by atoms with Gasteiger partial charge in [0, 0.05) is 29.3 Å². The maximum Gasteiger partial charge on any atom is 0.191 e. The molecule has 0 bridgehead atoms. The van der Waals surface area contributed by atoms with Crippen molar-refractivity contribution in [3.8, 4) is 28.5 Å². The van der Waals surface area contributed by atoms with Crippen LogP contribution in [0.2, 0.25) is 5.15 Å². The van der Waals surface area contributed by atoms with E-state index in [1.807, 2.05) is 55.5 Å². The number of aromatic nitrogens is 3. The highest BCUT2D eigenvalue weighted by Crippen LogP contribution is 2.33. The van der Waals surface area contributed by atoms with E-state index < -0.39 is 0 Å². The van der Waals surface area contributed by atoms with Crippen LogP contribution in [0.15, 0.2) is 83.7 Å². The fraction of sp³-hybridized carbons (Fsp3) is 0.100. The van der Waals surface area contributed by atoms with E-state index in [1.165, 1.54) is 6.07 Å². The number of hydrogen-bond acceptors (Lipinski definition) is 5. The number of Topliss-reactive ketones (excluding diaryl/α,β-unsaturated/α-hetero) is 1. The number of aryl methyl sites for hydroxylation is 2. The van der Waals surface area contributed by atoms with Crippen LogP contribution < -0.4 is 5.43 Å². The van der Waals surface area contributed by atoms with Gasteiger partial charge in [0.25, 0.3) is 0 Å². The van der Waals surface area contributed by atoms with Crippen LogP contribution in [0.3, 0.4) is 0 Å². The molecule has 0 atom stereocenters. The van der Waals surface area contributed by atoms with Gasteiger partial charge in [-0.1, -0.05) is 54.1 Å². The molecule has 180 valence electrons. The molecule has 0 aliphatic rings. The Bertz CT molecular complexity index is 1720.